The summed E-state index contributed by atoms with van der Waals surface area (Å²) in [5, 5.41) is 15.5. The van der Waals surface area contributed by atoms with E-state index in [1.165, 1.54) is 12.3 Å². The zero-order valence-corrected chi connectivity index (χ0v) is 11.9. The molecule has 23 heavy (non-hydrogen) atoms. The maximum atomic E-state index is 12.7. The summed E-state index contributed by atoms with van der Waals surface area (Å²) in [6.45, 7) is -1.18. The first kappa shape index (κ1) is 17.4. The van der Waals surface area contributed by atoms with Crippen LogP contribution in [-0.2, 0) is 6.54 Å². The van der Waals surface area contributed by atoms with E-state index in [1.807, 2.05) is 0 Å². The van der Waals surface area contributed by atoms with Crippen molar-refractivity contribution in [3.8, 4) is 0 Å². The lowest BCUT2D eigenvalue weighted by atomic mass is 9.91. The van der Waals surface area contributed by atoms with Gasteiger partial charge in [0.25, 0.3) is 6.43 Å². The van der Waals surface area contributed by atoms with Gasteiger partial charge in [0, 0.05) is 38.2 Å². The summed E-state index contributed by atoms with van der Waals surface area (Å²) >= 11 is 0. The molecule has 6 nitrogen and oxygen atoms in total. The van der Waals surface area contributed by atoms with E-state index >= 15 is 0 Å². The van der Waals surface area contributed by atoms with Crippen LogP contribution >= 0.6 is 0 Å². The van der Waals surface area contributed by atoms with E-state index in [2.05, 4.69) is 10.4 Å². The minimum atomic E-state index is -4.75. The second kappa shape index (κ2) is 6.30. The fourth-order valence-electron chi connectivity index (χ4n) is 2.22. The molecule has 2 heterocycles. The summed E-state index contributed by atoms with van der Waals surface area (Å²) in [6, 6.07) is 0.604. The molecule has 1 aromatic rings. The lowest BCUT2D eigenvalue weighted by molar-refractivity contribution is -0.271. The third-order valence-electron chi connectivity index (χ3n) is 3.61. The van der Waals surface area contributed by atoms with Gasteiger partial charge < -0.3 is 10.0 Å². The van der Waals surface area contributed by atoms with Crippen LogP contribution in [0.25, 0.3) is 0 Å². The van der Waals surface area contributed by atoms with Crippen molar-refractivity contribution in [1.82, 2.24) is 14.7 Å². The highest BCUT2D eigenvalue weighted by Gasteiger charge is 2.54. The number of urea groups is 1. The van der Waals surface area contributed by atoms with E-state index in [-0.39, 0.29) is 18.9 Å². The third-order valence-corrected chi connectivity index (χ3v) is 3.61. The highest BCUT2D eigenvalue weighted by Crippen LogP contribution is 2.38. The van der Waals surface area contributed by atoms with Crippen molar-refractivity contribution >= 4 is 11.8 Å². The minimum Gasteiger partial charge on any atom is -0.380 e. The van der Waals surface area contributed by atoms with Crippen LogP contribution in [0.2, 0.25) is 0 Å². The van der Waals surface area contributed by atoms with Crippen LogP contribution in [0.1, 0.15) is 12.8 Å². The number of alkyl halides is 5. The van der Waals surface area contributed by atoms with E-state index in [9.17, 15) is 31.9 Å². The van der Waals surface area contributed by atoms with Gasteiger partial charge in [-0.15, -0.1) is 0 Å². The molecule has 0 atom stereocenters. The highest BCUT2D eigenvalue weighted by molar-refractivity contribution is 5.88. The number of hydrogen-bond acceptors (Lipinski definition) is 3. The molecule has 2 N–H and O–H groups in total. The summed E-state index contributed by atoms with van der Waals surface area (Å²) in [7, 11) is 0. The zero-order chi connectivity index (χ0) is 17.3. The molecular formula is C12H15F5N4O2. The number of nitrogens with one attached hydrogen (secondary N) is 1. The topological polar surface area (TPSA) is 70.4 Å². The number of aromatic nitrogens is 2. The number of halogens is 5. The SMILES string of the molecule is O=C(Nc1ccn(CC(F)F)n1)N1CCC(O)(C(F)(F)F)CC1. The maximum absolute atomic E-state index is 12.7. The number of aliphatic hydroxyl groups is 1. The van der Waals surface area contributed by atoms with Crippen LogP contribution in [0, 0.1) is 0 Å². The van der Waals surface area contributed by atoms with Crippen molar-refractivity contribution in [1.29, 1.82) is 0 Å². The number of carbonyl (C=O) groups excluding carboxylic acids is 1. The fourth-order valence-corrected chi connectivity index (χ4v) is 2.22. The van der Waals surface area contributed by atoms with Crippen LogP contribution in [0.5, 0.6) is 0 Å². The molecule has 1 aromatic heterocycles. The molecule has 0 aliphatic carbocycles. The first-order chi connectivity index (χ1) is 10.6. The molecule has 0 saturated carbocycles. The molecule has 0 bridgehead atoms. The minimum absolute atomic E-state index is 0.0207. The Kier molecular flexibility index (Phi) is 4.78. The molecule has 1 saturated heterocycles. The number of hydrogen-bond donors (Lipinski definition) is 2. The van der Waals surface area contributed by atoms with Crippen molar-refractivity contribution in [3.05, 3.63) is 12.3 Å². The van der Waals surface area contributed by atoms with E-state index in [4.69, 9.17) is 0 Å². The number of carbonyl (C=O) groups is 1. The van der Waals surface area contributed by atoms with Gasteiger partial charge in [-0.2, -0.15) is 18.3 Å². The summed E-state index contributed by atoms with van der Waals surface area (Å²) in [5.74, 6) is 0.0207. The summed E-state index contributed by atoms with van der Waals surface area (Å²) in [6.07, 6.45) is -7.34. The predicted octanol–water partition coefficient (Wildman–Crippen LogP) is 2.07. The Bertz CT molecular complexity index is 552. The van der Waals surface area contributed by atoms with Gasteiger partial charge in [0.2, 0.25) is 0 Å². The Labute approximate surface area is 127 Å². The summed E-state index contributed by atoms with van der Waals surface area (Å²) in [4.78, 5) is 13.0. The van der Waals surface area contributed by atoms with Gasteiger partial charge in [-0.05, 0) is 0 Å². The molecule has 0 aromatic carbocycles. The van der Waals surface area contributed by atoms with Crippen LogP contribution in [0.4, 0.5) is 32.6 Å². The van der Waals surface area contributed by atoms with Crippen molar-refractivity contribution in [3.63, 3.8) is 0 Å². The second-order valence-corrected chi connectivity index (χ2v) is 5.26. The lowest BCUT2D eigenvalue weighted by Gasteiger charge is -2.38. The van der Waals surface area contributed by atoms with Crippen molar-refractivity contribution in [2.24, 2.45) is 0 Å². The Hall–Kier alpha value is -1.91. The molecule has 0 radical (unpaired) electrons. The first-order valence-corrected chi connectivity index (χ1v) is 6.77. The van der Waals surface area contributed by atoms with Gasteiger partial charge in [0.15, 0.2) is 11.4 Å². The molecule has 11 heteroatoms. The van der Waals surface area contributed by atoms with Gasteiger partial charge in [0.05, 0.1) is 0 Å². The molecule has 0 spiro atoms. The average Bonchev–Trinajstić information content (AvgIpc) is 2.84. The van der Waals surface area contributed by atoms with Gasteiger partial charge in [-0.25, -0.2) is 13.6 Å². The van der Waals surface area contributed by atoms with Crippen LogP contribution in [0.15, 0.2) is 12.3 Å². The van der Waals surface area contributed by atoms with Gasteiger partial charge in [-0.1, -0.05) is 0 Å². The average molecular weight is 342 g/mol. The first-order valence-electron chi connectivity index (χ1n) is 6.77. The van der Waals surface area contributed by atoms with Gasteiger partial charge in [-0.3, -0.25) is 10.00 Å². The Morgan fingerprint density at radius 1 is 1.39 bits per heavy atom. The van der Waals surface area contributed by atoms with E-state index < -0.39 is 43.6 Å². The molecule has 2 amide bonds. The third kappa shape index (κ3) is 4.09. The van der Waals surface area contributed by atoms with Gasteiger partial charge in [0.1, 0.15) is 6.54 Å². The van der Waals surface area contributed by atoms with E-state index in [0.29, 0.717) is 0 Å². The maximum Gasteiger partial charge on any atom is 0.417 e. The molecule has 130 valence electrons. The molecular weight excluding hydrogens is 327 g/mol. The Balaban J connectivity index is 1.89. The lowest BCUT2D eigenvalue weighted by Crippen LogP contribution is -2.55. The predicted molar refractivity (Wildman–Crippen MR) is 69.1 cm³/mol. The Morgan fingerprint density at radius 3 is 2.52 bits per heavy atom. The van der Waals surface area contributed by atoms with Crippen LogP contribution in [0.3, 0.4) is 0 Å². The summed E-state index contributed by atoms with van der Waals surface area (Å²) in [5.41, 5.74) is -2.79. The normalized spacial score (nSPS) is 18.3. The number of piperidine rings is 1. The highest BCUT2D eigenvalue weighted by atomic mass is 19.4. The molecule has 1 aliphatic heterocycles. The molecule has 1 aliphatic rings. The molecule has 2 rings (SSSR count). The smallest absolute Gasteiger partial charge is 0.380 e. The number of nitrogens with zero attached hydrogens (tertiary/aromatic N) is 3. The standard InChI is InChI=1S/C12H15F5N4O2/c13-8(14)7-21-4-1-9(19-21)18-10(22)20-5-2-11(23,3-6-20)12(15,16)17/h1,4,8,23H,2-3,5-7H2,(H,18,19,22). The number of rotatable bonds is 3. The number of amides is 2. The monoisotopic (exact) mass is 342 g/mol. The largest absolute Gasteiger partial charge is 0.417 e. The van der Waals surface area contributed by atoms with Crippen molar-refractivity contribution in [2.45, 2.75) is 37.6 Å². The van der Waals surface area contributed by atoms with Crippen LogP contribution < -0.4 is 5.32 Å². The number of likely N-dealkylation sites (tertiary alicyclic amines) is 1. The second-order valence-electron chi connectivity index (χ2n) is 5.26. The Morgan fingerprint density at radius 2 is 2.00 bits per heavy atom. The van der Waals surface area contributed by atoms with Gasteiger partial charge >= 0.3 is 12.2 Å². The quantitative estimate of drug-likeness (QED) is 0.826. The van der Waals surface area contributed by atoms with Crippen LogP contribution in [-0.4, -0.2) is 57.1 Å². The number of anilines is 1. The van der Waals surface area contributed by atoms with Crippen molar-refractivity contribution in [2.75, 3.05) is 18.4 Å². The molecule has 0 unspecified atom stereocenters. The zero-order valence-electron chi connectivity index (χ0n) is 11.9. The molecule has 1 fully saturated rings. The van der Waals surface area contributed by atoms with E-state index in [1.54, 1.807) is 0 Å². The fraction of sp³-hybridized carbons (Fsp3) is 0.667. The summed E-state index contributed by atoms with van der Waals surface area (Å²) < 4.78 is 63.3. The van der Waals surface area contributed by atoms with Crippen molar-refractivity contribution < 1.29 is 31.9 Å². The van der Waals surface area contributed by atoms with E-state index in [0.717, 1.165) is 9.58 Å².